The van der Waals surface area contributed by atoms with Gasteiger partial charge >= 0.3 is 0 Å². The van der Waals surface area contributed by atoms with Crippen molar-refractivity contribution in [3.63, 3.8) is 0 Å². The van der Waals surface area contributed by atoms with E-state index in [1.807, 2.05) is 0 Å². The Kier molecular flexibility index (Phi) is 2.29. The third kappa shape index (κ3) is 1.53. The van der Waals surface area contributed by atoms with Gasteiger partial charge < -0.3 is 14.9 Å². The van der Waals surface area contributed by atoms with Crippen molar-refractivity contribution in [2.24, 2.45) is 11.8 Å². The first-order valence-electron chi connectivity index (χ1n) is 7.02. The molecule has 2 heterocycles. The van der Waals surface area contributed by atoms with E-state index in [4.69, 9.17) is 4.52 Å². The van der Waals surface area contributed by atoms with Crippen LogP contribution >= 0.6 is 0 Å². The second-order valence-electron chi connectivity index (χ2n) is 6.20. The number of fused-ring (bicyclic) bond motifs is 2. The smallest absolute Gasteiger partial charge is 0.259 e. The summed E-state index contributed by atoms with van der Waals surface area (Å²) in [5.74, 6) is 3.33. The van der Waals surface area contributed by atoms with Crippen molar-refractivity contribution in [2.75, 3.05) is 13.1 Å². The van der Waals surface area contributed by atoms with Gasteiger partial charge in [-0.2, -0.15) is 4.98 Å². The number of rotatable bonds is 2. The standard InChI is InChI=1S/C13H19N3O2/c17-13(3-4-14-7-13)12-15-11(16-18-12)10-6-8-1-2-9(10)5-8/h8-10,14,17H,1-7H2. The van der Waals surface area contributed by atoms with E-state index in [1.165, 1.54) is 25.7 Å². The molecule has 3 aliphatic rings. The zero-order valence-corrected chi connectivity index (χ0v) is 10.4. The van der Waals surface area contributed by atoms with Gasteiger partial charge in [0.15, 0.2) is 11.4 Å². The maximum Gasteiger partial charge on any atom is 0.259 e. The highest BCUT2D eigenvalue weighted by Crippen LogP contribution is 2.52. The summed E-state index contributed by atoms with van der Waals surface area (Å²) in [5.41, 5.74) is -0.942. The molecule has 0 spiro atoms. The Morgan fingerprint density at radius 3 is 2.94 bits per heavy atom. The highest BCUT2D eigenvalue weighted by molar-refractivity contribution is 5.10. The molecule has 0 radical (unpaired) electrons. The fourth-order valence-corrected chi connectivity index (χ4v) is 4.00. The number of nitrogens with one attached hydrogen (secondary N) is 1. The van der Waals surface area contributed by atoms with Crippen LogP contribution in [0.2, 0.25) is 0 Å². The number of β-amino-alcohol motifs (C(OH)–C–C–N with tert-alkyl or cyclic N) is 1. The van der Waals surface area contributed by atoms with Crippen LogP contribution in [0.4, 0.5) is 0 Å². The number of aliphatic hydroxyl groups is 1. The monoisotopic (exact) mass is 249 g/mol. The van der Waals surface area contributed by atoms with Crippen molar-refractivity contribution in [1.29, 1.82) is 0 Å². The second kappa shape index (κ2) is 3.78. The lowest BCUT2D eigenvalue weighted by atomic mass is 9.88. The molecule has 1 aliphatic heterocycles. The van der Waals surface area contributed by atoms with Crippen LogP contribution in [0.25, 0.3) is 0 Å². The molecule has 4 unspecified atom stereocenters. The molecule has 4 atom stereocenters. The maximum atomic E-state index is 10.4. The van der Waals surface area contributed by atoms with Gasteiger partial charge in [0.1, 0.15) is 0 Å². The van der Waals surface area contributed by atoms with Crippen molar-refractivity contribution < 1.29 is 9.63 Å². The molecule has 2 saturated carbocycles. The Morgan fingerprint density at radius 1 is 1.33 bits per heavy atom. The van der Waals surface area contributed by atoms with Crippen LogP contribution in [-0.2, 0) is 5.60 Å². The summed E-state index contributed by atoms with van der Waals surface area (Å²) >= 11 is 0. The van der Waals surface area contributed by atoms with E-state index in [-0.39, 0.29) is 0 Å². The van der Waals surface area contributed by atoms with Gasteiger partial charge in [0.25, 0.3) is 5.89 Å². The van der Waals surface area contributed by atoms with Gasteiger partial charge in [0.2, 0.25) is 0 Å². The van der Waals surface area contributed by atoms with Gasteiger partial charge in [0, 0.05) is 12.5 Å². The largest absolute Gasteiger partial charge is 0.379 e. The molecule has 18 heavy (non-hydrogen) atoms. The molecule has 1 aromatic heterocycles. The van der Waals surface area contributed by atoms with E-state index in [9.17, 15) is 5.11 Å². The number of aromatic nitrogens is 2. The molecule has 1 saturated heterocycles. The van der Waals surface area contributed by atoms with E-state index in [0.717, 1.165) is 24.2 Å². The zero-order valence-electron chi connectivity index (χ0n) is 10.4. The molecule has 2 aliphatic carbocycles. The van der Waals surface area contributed by atoms with Crippen molar-refractivity contribution in [1.82, 2.24) is 15.5 Å². The number of hydrogen-bond acceptors (Lipinski definition) is 5. The molecule has 98 valence electrons. The van der Waals surface area contributed by atoms with Crippen LogP contribution in [0.3, 0.4) is 0 Å². The lowest BCUT2D eigenvalue weighted by Gasteiger charge is -2.18. The lowest BCUT2D eigenvalue weighted by molar-refractivity contribution is 0.0243. The summed E-state index contributed by atoms with van der Waals surface area (Å²) in [6, 6.07) is 0. The van der Waals surface area contributed by atoms with E-state index in [0.29, 0.717) is 24.8 Å². The number of hydrogen-bond donors (Lipinski definition) is 2. The summed E-state index contributed by atoms with van der Waals surface area (Å²) in [5, 5.41) is 17.7. The van der Waals surface area contributed by atoms with Crippen LogP contribution in [0.5, 0.6) is 0 Å². The minimum atomic E-state index is -0.942. The molecule has 5 nitrogen and oxygen atoms in total. The van der Waals surface area contributed by atoms with Gasteiger partial charge in [-0.25, -0.2) is 0 Å². The quantitative estimate of drug-likeness (QED) is 0.823. The molecular weight excluding hydrogens is 230 g/mol. The first-order chi connectivity index (χ1) is 8.74. The molecule has 2 N–H and O–H groups in total. The van der Waals surface area contributed by atoms with Crippen LogP contribution in [0.15, 0.2) is 4.52 Å². The molecule has 3 fully saturated rings. The SMILES string of the molecule is OC1(c2nc(C3CC4CCC3C4)no2)CCNC1. The van der Waals surface area contributed by atoms with Crippen LogP contribution in [-0.4, -0.2) is 28.3 Å². The third-order valence-electron chi connectivity index (χ3n) is 5.04. The lowest BCUT2D eigenvalue weighted by Crippen LogP contribution is -2.28. The second-order valence-corrected chi connectivity index (χ2v) is 6.20. The van der Waals surface area contributed by atoms with Gasteiger partial charge in [-0.1, -0.05) is 11.6 Å². The van der Waals surface area contributed by atoms with Crippen LogP contribution in [0, 0.1) is 11.8 Å². The summed E-state index contributed by atoms with van der Waals surface area (Å²) in [6.45, 7) is 1.33. The van der Waals surface area contributed by atoms with Gasteiger partial charge in [-0.3, -0.25) is 0 Å². The van der Waals surface area contributed by atoms with E-state index < -0.39 is 5.60 Å². The maximum absolute atomic E-state index is 10.4. The van der Waals surface area contributed by atoms with Crippen molar-refractivity contribution >= 4 is 0 Å². The Bertz CT molecular complexity index is 453. The van der Waals surface area contributed by atoms with Gasteiger partial charge in [-0.05, 0) is 44.1 Å². The summed E-state index contributed by atoms with van der Waals surface area (Å²) < 4.78 is 5.32. The summed E-state index contributed by atoms with van der Waals surface area (Å²) in [6.07, 6.45) is 5.89. The van der Waals surface area contributed by atoms with E-state index in [2.05, 4.69) is 15.5 Å². The van der Waals surface area contributed by atoms with Gasteiger partial charge in [-0.15, -0.1) is 0 Å². The Hall–Kier alpha value is -0.940. The van der Waals surface area contributed by atoms with Crippen molar-refractivity contribution in [3.8, 4) is 0 Å². The molecule has 1 aromatic rings. The first-order valence-corrected chi connectivity index (χ1v) is 7.02. The first kappa shape index (κ1) is 10.9. The minimum Gasteiger partial charge on any atom is -0.379 e. The van der Waals surface area contributed by atoms with Gasteiger partial charge in [0.05, 0.1) is 0 Å². The Balaban J connectivity index is 1.58. The van der Waals surface area contributed by atoms with E-state index >= 15 is 0 Å². The van der Waals surface area contributed by atoms with Crippen LogP contribution < -0.4 is 5.32 Å². The predicted molar refractivity (Wildman–Crippen MR) is 63.9 cm³/mol. The average molecular weight is 249 g/mol. The fraction of sp³-hybridized carbons (Fsp3) is 0.846. The minimum absolute atomic E-state index is 0.408. The topological polar surface area (TPSA) is 71.2 Å². The van der Waals surface area contributed by atoms with Crippen LogP contribution in [0.1, 0.15) is 49.7 Å². The normalized spacial score (nSPS) is 42.8. The molecule has 2 bridgehead atoms. The zero-order chi connectivity index (χ0) is 12.2. The molecular formula is C13H19N3O2. The molecule has 0 aromatic carbocycles. The Morgan fingerprint density at radius 2 is 2.28 bits per heavy atom. The highest BCUT2D eigenvalue weighted by Gasteiger charge is 2.44. The van der Waals surface area contributed by atoms with E-state index in [1.54, 1.807) is 0 Å². The third-order valence-corrected chi connectivity index (χ3v) is 5.04. The highest BCUT2D eigenvalue weighted by atomic mass is 16.5. The Labute approximate surface area is 106 Å². The molecule has 5 heteroatoms. The summed E-state index contributed by atoms with van der Waals surface area (Å²) in [7, 11) is 0. The average Bonchev–Trinajstić information content (AvgIpc) is 3.13. The predicted octanol–water partition coefficient (Wildman–Crippen LogP) is 1.15. The molecule has 4 rings (SSSR count). The summed E-state index contributed by atoms with van der Waals surface area (Å²) in [4.78, 5) is 4.50. The fourth-order valence-electron chi connectivity index (χ4n) is 4.00. The number of nitrogens with zero attached hydrogens (tertiary/aromatic N) is 2. The van der Waals surface area contributed by atoms with Crippen molar-refractivity contribution in [2.45, 2.75) is 43.6 Å². The molecule has 0 amide bonds. The van der Waals surface area contributed by atoms with Crippen molar-refractivity contribution in [3.05, 3.63) is 11.7 Å².